The minimum Gasteiger partial charge on any atom is -0.306 e. The molecule has 4 heteroatoms. The van der Waals surface area contributed by atoms with E-state index in [1.165, 1.54) is 6.07 Å². The van der Waals surface area contributed by atoms with Crippen molar-refractivity contribution in [2.45, 2.75) is 13.0 Å². The molecule has 0 aliphatic rings. The van der Waals surface area contributed by atoms with Gasteiger partial charge in [0.05, 0.1) is 10.5 Å². The molecule has 0 aromatic heterocycles. The van der Waals surface area contributed by atoms with Gasteiger partial charge in [0.1, 0.15) is 5.82 Å². The molecule has 100 valence electrons. The van der Waals surface area contributed by atoms with Crippen LogP contribution in [0.2, 0.25) is 0 Å². The Morgan fingerprint density at radius 1 is 1.11 bits per heavy atom. The van der Waals surface area contributed by atoms with Gasteiger partial charge < -0.3 is 5.32 Å². The standard InChI is InChI=1S/C15H14Br2FN/c1-2-19-15(10-6-8-11(16)9-7-10)12-4-3-5-13(18)14(12)17/h3-9,15,19H,2H2,1H3. The summed E-state index contributed by atoms with van der Waals surface area (Å²) < 4.78 is 15.2. The van der Waals surface area contributed by atoms with Crippen LogP contribution in [0.5, 0.6) is 0 Å². The van der Waals surface area contributed by atoms with Crippen molar-refractivity contribution in [2.75, 3.05) is 6.54 Å². The second-order valence-corrected chi connectivity index (χ2v) is 5.89. The number of hydrogen-bond donors (Lipinski definition) is 1. The molecule has 2 rings (SSSR count). The summed E-state index contributed by atoms with van der Waals surface area (Å²) in [7, 11) is 0. The molecule has 0 saturated carbocycles. The number of hydrogen-bond acceptors (Lipinski definition) is 1. The molecular formula is C15H14Br2FN. The zero-order chi connectivity index (χ0) is 13.8. The van der Waals surface area contributed by atoms with E-state index >= 15 is 0 Å². The molecule has 0 saturated heterocycles. The number of rotatable bonds is 4. The first-order valence-corrected chi connectivity index (χ1v) is 7.65. The van der Waals surface area contributed by atoms with Crippen molar-refractivity contribution < 1.29 is 4.39 Å². The van der Waals surface area contributed by atoms with Crippen LogP contribution in [0.1, 0.15) is 24.1 Å². The van der Waals surface area contributed by atoms with Gasteiger partial charge in [-0.15, -0.1) is 0 Å². The van der Waals surface area contributed by atoms with Gasteiger partial charge in [-0.1, -0.05) is 47.1 Å². The average molecular weight is 387 g/mol. The normalized spacial score (nSPS) is 12.4. The van der Waals surface area contributed by atoms with Crippen molar-refractivity contribution in [3.05, 3.63) is 68.4 Å². The zero-order valence-electron chi connectivity index (χ0n) is 10.5. The molecule has 2 aromatic rings. The molecule has 0 fully saturated rings. The van der Waals surface area contributed by atoms with E-state index < -0.39 is 0 Å². The molecule has 0 spiro atoms. The molecule has 0 heterocycles. The molecular weight excluding hydrogens is 373 g/mol. The highest BCUT2D eigenvalue weighted by Crippen LogP contribution is 2.30. The Morgan fingerprint density at radius 3 is 2.42 bits per heavy atom. The highest BCUT2D eigenvalue weighted by molar-refractivity contribution is 9.10. The maximum atomic E-state index is 13.7. The summed E-state index contributed by atoms with van der Waals surface area (Å²) in [5, 5.41) is 3.39. The highest BCUT2D eigenvalue weighted by Gasteiger charge is 2.17. The molecule has 0 amide bonds. The summed E-state index contributed by atoms with van der Waals surface area (Å²) in [4.78, 5) is 0. The van der Waals surface area contributed by atoms with E-state index in [1.807, 2.05) is 37.3 Å². The predicted molar refractivity (Wildman–Crippen MR) is 83.8 cm³/mol. The van der Waals surface area contributed by atoms with E-state index in [0.29, 0.717) is 4.47 Å². The first-order valence-electron chi connectivity index (χ1n) is 6.06. The summed E-state index contributed by atoms with van der Waals surface area (Å²) in [6.45, 7) is 2.85. The van der Waals surface area contributed by atoms with Crippen molar-refractivity contribution in [1.29, 1.82) is 0 Å². The largest absolute Gasteiger partial charge is 0.306 e. The van der Waals surface area contributed by atoms with Crippen LogP contribution in [0, 0.1) is 5.82 Å². The van der Waals surface area contributed by atoms with Gasteiger partial charge in [0.2, 0.25) is 0 Å². The summed E-state index contributed by atoms with van der Waals surface area (Å²) in [6.07, 6.45) is 0. The van der Waals surface area contributed by atoms with Gasteiger partial charge in [-0.25, -0.2) is 4.39 Å². The second kappa shape index (κ2) is 6.64. The van der Waals surface area contributed by atoms with E-state index in [2.05, 4.69) is 37.2 Å². The Balaban J connectivity index is 2.45. The van der Waals surface area contributed by atoms with Crippen LogP contribution in [0.15, 0.2) is 51.4 Å². The zero-order valence-corrected chi connectivity index (χ0v) is 13.6. The SMILES string of the molecule is CCNC(c1ccc(Br)cc1)c1cccc(F)c1Br. The van der Waals surface area contributed by atoms with Gasteiger partial charge in [0.15, 0.2) is 0 Å². The minimum absolute atomic E-state index is 0.0248. The first-order chi connectivity index (χ1) is 9.13. The maximum Gasteiger partial charge on any atom is 0.137 e. The van der Waals surface area contributed by atoms with Gasteiger partial charge in [-0.2, -0.15) is 0 Å². The Kier molecular flexibility index (Phi) is 5.13. The molecule has 0 aliphatic heterocycles. The molecule has 19 heavy (non-hydrogen) atoms. The molecule has 1 unspecified atom stereocenters. The van der Waals surface area contributed by atoms with Crippen LogP contribution in [-0.4, -0.2) is 6.54 Å². The summed E-state index contributed by atoms with van der Waals surface area (Å²) >= 11 is 6.76. The summed E-state index contributed by atoms with van der Waals surface area (Å²) in [5.41, 5.74) is 2.01. The van der Waals surface area contributed by atoms with Gasteiger partial charge in [-0.05, 0) is 51.8 Å². The molecule has 1 N–H and O–H groups in total. The van der Waals surface area contributed by atoms with E-state index in [1.54, 1.807) is 6.07 Å². The van der Waals surface area contributed by atoms with E-state index in [-0.39, 0.29) is 11.9 Å². The summed E-state index contributed by atoms with van der Waals surface area (Å²) in [5.74, 6) is -0.238. The van der Waals surface area contributed by atoms with Crippen molar-refractivity contribution in [3.8, 4) is 0 Å². The van der Waals surface area contributed by atoms with Crippen LogP contribution in [-0.2, 0) is 0 Å². The van der Waals surface area contributed by atoms with Crippen molar-refractivity contribution >= 4 is 31.9 Å². The quantitative estimate of drug-likeness (QED) is 0.775. The summed E-state index contributed by atoms with van der Waals surface area (Å²) in [6, 6.07) is 13.2. The second-order valence-electron chi connectivity index (χ2n) is 4.19. The van der Waals surface area contributed by atoms with E-state index in [4.69, 9.17) is 0 Å². The van der Waals surface area contributed by atoms with Crippen LogP contribution in [0.4, 0.5) is 4.39 Å². The van der Waals surface area contributed by atoms with Crippen LogP contribution >= 0.6 is 31.9 Å². The fourth-order valence-corrected chi connectivity index (χ4v) is 2.77. The highest BCUT2D eigenvalue weighted by atomic mass is 79.9. The first kappa shape index (κ1) is 14.7. The molecule has 1 nitrogen and oxygen atoms in total. The van der Waals surface area contributed by atoms with Crippen molar-refractivity contribution in [3.63, 3.8) is 0 Å². The van der Waals surface area contributed by atoms with Gasteiger partial charge >= 0.3 is 0 Å². The lowest BCUT2D eigenvalue weighted by molar-refractivity contribution is 0.595. The topological polar surface area (TPSA) is 12.0 Å². The maximum absolute atomic E-state index is 13.7. The molecule has 0 bridgehead atoms. The minimum atomic E-state index is -0.238. The monoisotopic (exact) mass is 385 g/mol. The number of nitrogens with one attached hydrogen (secondary N) is 1. The Morgan fingerprint density at radius 2 is 1.79 bits per heavy atom. The van der Waals surface area contributed by atoms with Gasteiger partial charge in [0, 0.05) is 4.47 Å². The lowest BCUT2D eigenvalue weighted by Crippen LogP contribution is -2.22. The third-order valence-corrected chi connectivity index (χ3v) is 4.27. The van der Waals surface area contributed by atoms with E-state index in [0.717, 1.165) is 22.1 Å². The number of halogens is 3. The fourth-order valence-electron chi connectivity index (χ4n) is 2.01. The Labute approximate surface area is 129 Å². The number of benzene rings is 2. The lowest BCUT2D eigenvalue weighted by Gasteiger charge is -2.20. The molecule has 1 atom stereocenters. The predicted octanol–water partition coefficient (Wildman–Crippen LogP) is 5.05. The van der Waals surface area contributed by atoms with Gasteiger partial charge in [0.25, 0.3) is 0 Å². The Hall–Kier alpha value is -0.710. The average Bonchev–Trinajstić information content (AvgIpc) is 2.41. The molecule has 2 aromatic carbocycles. The van der Waals surface area contributed by atoms with Crippen LogP contribution in [0.3, 0.4) is 0 Å². The smallest absolute Gasteiger partial charge is 0.137 e. The Bertz CT molecular complexity index is 555. The lowest BCUT2D eigenvalue weighted by atomic mass is 9.98. The molecule has 0 aliphatic carbocycles. The van der Waals surface area contributed by atoms with Crippen molar-refractivity contribution in [1.82, 2.24) is 5.32 Å². The van der Waals surface area contributed by atoms with Crippen LogP contribution < -0.4 is 5.32 Å². The van der Waals surface area contributed by atoms with Crippen molar-refractivity contribution in [2.24, 2.45) is 0 Å². The molecule has 0 radical (unpaired) electrons. The fraction of sp³-hybridized carbons (Fsp3) is 0.200. The van der Waals surface area contributed by atoms with Crippen LogP contribution in [0.25, 0.3) is 0 Å². The third kappa shape index (κ3) is 3.44. The third-order valence-electron chi connectivity index (χ3n) is 2.90. The van der Waals surface area contributed by atoms with E-state index in [9.17, 15) is 4.39 Å². The van der Waals surface area contributed by atoms with Gasteiger partial charge in [-0.3, -0.25) is 0 Å².